The average molecular weight is 219 g/mol. The number of pyridine rings is 1. The largest absolute Gasteiger partial charge is 0.329 e. The summed E-state index contributed by atoms with van der Waals surface area (Å²) in [6.45, 7) is 1.86. The molecule has 16 heavy (non-hydrogen) atoms. The van der Waals surface area contributed by atoms with Crippen LogP contribution in [0.4, 0.5) is 0 Å². The van der Waals surface area contributed by atoms with Crippen LogP contribution in [0.15, 0.2) is 24.5 Å². The Morgan fingerprint density at radius 3 is 2.94 bits per heavy atom. The molecule has 0 radical (unpaired) electrons. The lowest BCUT2D eigenvalue weighted by Gasteiger charge is -2.26. The number of hydrogen-bond donors (Lipinski definition) is 1. The molecule has 3 heteroatoms. The highest BCUT2D eigenvalue weighted by Crippen LogP contribution is 2.34. The second-order valence-corrected chi connectivity index (χ2v) is 4.73. The maximum absolute atomic E-state index is 5.83. The van der Waals surface area contributed by atoms with Gasteiger partial charge in [0.05, 0.1) is 0 Å². The molecule has 1 atom stereocenters. The third-order valence-corrected chi connectivity index (χ3v) is 3.45. The first-order chi connectivity index (χ1) is 7.81. The Kier molecular flexibility index (Phi) is 3.91. The number of nitrogens with zero attached hydrogens (tertiary/aromatic N) is 2. The lowest BCUT2D eigenvalue weighted by Crippen LogP contribution is -2.40. The second-order valence-electron chi connectivity index (χ2n) is 4.73. The molecule has 1 aromatic rings. The molecule has 0 spiro atoms. The highest BCUT2D eigenvalue weighted by Gasteiger charge is 2.32. The zero-order valence-electron chi connectivity index (χ0n) is 9.97. The average Bonchev–Trinajstić information content (AvgIpc) is 3.13. The van der Waals surface area contributed by atoms with Crippen LogP contribution in [-0.4, -0.2) is 36.1 Å². The van der Waals surface area contributed by atoms with Crippen molar-refractivity contribution in [1.29, 1.82) is 0 Å². The molecule has 1 saturated carbocycles. The van der Waals surface area contributed by atoms with Gasteiger partial charge in [0.25, 0.3) is 0 Å². The molecule has 0 amide bonds. The van der Waals surface area contributed by atoms with Crippen LogP contribution in [0.3, 0.4) is 0 Å². The minimum absolute atomic E-state index is 0.580. The number of hydrogen-bond acceptors (Lipinski definition) is 3. The van der Waals surface area contributed by atoms with Crippen LogP contribution in [0.25, 0.3) is 0 Å². The third-order valence-electron chi connectivity index (χ3n) is 3.45. The predicted molar refractivity (Wildman–Crippen MR) is 66.1 cm³/mol. The van der Waals surface area contributed by atoms with Gasteiger partial charge < -0.3 is 10.6 Å². The Morgan fingerprint density at radius 2 is 2.38 bits per heavy atom. The Labute approximate surface area is 97.7 Å². The fraction of sp³-hybridized carbons (Fsp3) is 0.615. The Bertz CT molecular complexity index is 308. The summed E-state index contributed by atoms with van der Waals surface area (Å²) in [4.78, 5) is 6.54. The molecule has 2 rings (SSSR count). The van der Waals surface area contributed by atoms with Crippen LogP contribution in [-0.2, 0) is 6.42 Å². The minimum Gasteiger partial charge on any atom is -0.329 e. The molecule has 1 heterocycles. The fourth-order valence-electron chi connectivity index (χ4n) is 2.23. The number of likely N-dealkylation sites (N-methyl/N-ethyl adjacent to an activating group) is 1. The van der Waals surface area contributed by atoms with Crippen molar-refractivity contribution in [3.63, 3.8) is 0 Å². The minimum atomic E-state index is 0.580. The van der Waals surface area contributed by atoms with Crippen LogP contribution < -0.4 is 5.73 Å². The van der Waals surface area contributed by atoms with Gasteiger partial charge in [-0.1, -0.05) is 6.07 Å². The van der Waals surface area contributed by atoms with E-state index in [0.717, 1.165) is 25.4 Å². The van der Waals surface area contributed by atoms with Crippen molar-refractivity contribution >= 4 is 0 Å². The van der Waals surface area contributed by atoms with E-state index < -0.39 is 0 Å². The predicted octanol–water partition coefficient (Wildman–Crippen LogP) is 1.29. The summed E-state index contributed by atoms with van der Waals surface area (Å²) in [5.41, 5.74) is 7.14. The highest BCUT2D eigenvalue weighted by molar-refractivity contribution is 5.08. The molecule has 88 valence electrons. The van der Waals surface area contributed by atoms with E-state index >= 15 is 0 Å². The SMILES string of the molecule is CN(CCc1cccnc1)C(CN)C1CC1. The van der Waals surface area contributed by atoms with E-state index in [1.165, 1.54) is 18.4 Å². The van der Waals surface area contributed by atoms with Crippen LogP contribution in [0.2, 0.25) is 0 Å². The molecule has 1 unspecified atom stereocenters. The molecule has 0 aliphatic heterocycles. The van der Waals surface area contributed by atoms with Gasteiger partial charge >= 0.3 is 0 Å². The first kappa shape index (κ1) is 11.6. The van der Waals surface area contributed by atoms with Crippen LogP contribution in [0, 0.1) is 5.92 Å². The van der Waals surface area contributed by atoms with Gasteiger partial charge in [-0.3, -0.25) is 4.98 Å². The molecule has 1 aliphatic carbocycles. The number of rotatable bonds is 6. The first-order valence-electron chi connectivity index (χ1n) is 6.10. The molecule has 1 aromatic heterocycles. The molecule has 1 aliphatic rings. The van der Waals surface area contributed by atoms with Crippen molar-refractivity contribution in [2.45, 2.75) is 25.3 Å². The van der Waals surface area contributed by atoms with Gasteiger partial charge in [0, 0.05) is 31.5 Å². The van der Waals surface area contributed by atoms with Gasteiger partial charge in [-0.2, -0.15) is 0 Å². The first-order valence-corrected chi connectivity index (χ1v) is 6.10. The van der Waals surface area contributed by atoms with Crippen molar-refractivity contribution in [2.24, 2.45) is 11.7 Å². The van der Waals surface area contributed by atoms with Gasteiger partial charge in [-0.05, 0) is 43.9 Å². The van der Waals surface area contributed by atoms with Gasteiger partial charge in [0.15, 0.2) is 0 Å². The van der Waals surface area contributed by atoms with Gasteiger partial charge in [-0.25, -0.2) is 0 Å². The zero-order valence-corrected chi connectivity index (χ0v) is 9.97. The topological polar surface area (TPSA) is 42.2 Å². The Balaban J connectivity index is 1.80. The lowest BCUT2D eigenvalue weighted by molar-refractivity contribution is 0.226. The third kappa shape index (κ3) is 3.03. The van der Waals surface area contributed by atoms with Crippen molar-refractivity contribution in [2.75, 3.05) is 20.1 Å². The molecule has 0 aromatic carbocycles. The molecule has 0 saturated heterocycles. The van der Waals surface area contributed by atoms with E-state index in [-0.39, 0.29) is 0 Å². The van der Waals surface area contributed by atoms with Gasteiger partial charge in [0.1, 0.15) is 0 Å². The monoisotopic (exact) mass is 219 g/mol. The van der Waals surface area contributed by atoms with Crippen molar-refractivity contribution in [3.05, 3.63) is 30.1 Å². The molecule has 3 nitrogen and oxygen atoms in total. The molecular weight excluding hydrogens is 198 g/mol. The zero-order chi connectivity index (χ0) is 11.4. The second kappa shape index (κ2) is 5.41. The smallest absolute Gasteiger partial charge is 0.0300 e. The molecule has 0 bridgehead atoms. The highest BCUT2D eigenvalue weighted by atomic mass is 15.1. The number of nitrogens with two attached hydrogens (primary N) is 1. The Hall–Kier alpha value is -0.930. The van der Waals surface area contributed by atoms with E-state index in [4.69, 9.17) is 5.73 Å². The summed E-state index contributed by atoms with van der Waals surface area (Å²) >= 11 is 0. The van der Waals surface area contributed by atoms with Crippen LogP contribution in [0.1, 0.15) is 18.4 Å². The van der Waals surface area contributed by atoms with E-state index in [1.807, 2.05) is 18.5 Å². The van der Waals surface area contributed by atoms with E-state index in [2.05, 4.69) is 23.0 Å². The van der Waals surface area contributed by atoms with E-state index in [0.29, 0.717) is 6.04 Å². The standard InChI is InChI=1S/C13H21N3/c1-16(13(9-14)12-4-5-12)8-6-11-3-2-7-15-10-11/h2-3,7,10,12-13H,4-6,8-9,14H2,1H3. The summed E-state index contributed by atoms with van der Waals surface area (Å²) < 4.78 is 0. The van der Waals surface area contributed by atoms with E-state index in [1.54, 1.807) is 0 Å². The lowest BCUT2D eigenvalue weighted by atomic mass is 10.1. The van der Waals surface area contributed by atoms with Crippen molar-refractivity contribution in [3.8, 4) is 0 Å². The molecule has 2 N–H and O–H groups in total. The van der Waals surface area contributed by atoms with Crippen LogP contribution in [0.5, 0.6) is 0 Å². The fourth-order valence-corrected chi connectivity index (χ4v) is 2.23. The van der Waals surface area contributed by atoms with Crippen LogP contribution >= 0.6 is 0 Å². The maximum Gasteiger partial charge on any atom is 0.0300 e. The number of aromatic nitrogens is 1. The summed E-state index contributed by atoms with van der Waals surface area (Å²) in [5, 5.41) is 0. The summed E-state index contributed by atoms with van der Waals surface area (Å²) in [7, 11) is 2.19. The quantitative estimate of drug-likeness (QED) is 0.784. The summed E-state index contributed by atoms with van der Waals surface area (Å²) in [6, 6.07) is 4.71. The summed E-state index contributed by atoms with van der Waals surface area (Å²) in [5.74, 6) is 0.851. The Morgan fingerprint density at radius 1 is 1.56 bits per heavy atom. The maximum atomic E-state index is 5.83. The van der Waals surface area contributed by atoms with E-state index in [9.17, 15) is 0 Å². The molecular formula is C13H21N3. The molecule has 1 fully saturated rings. The normalized spacial score (nSPS) is 17.7. The van der Waals surface area contributed by atoms with Gasteiger partial charge in [-0.15, -0.1) is 0 Å². The summed E-state index contributed by atoms with van der Waals surface area (Å²) in [6.07, 6.45) is 7.55. The van der Waals surface area contributed by atoms with Crippen molar-refractivity contribution in [1.82, 2.24) is 9.88 Å². The van der Waals surface area contributed by atoms with Crippen molar-refractivity contribution < 1.29 is 0 Å². The van der Waals surface area contributed by atoms with Gasteiger partial charge in [0.2, 0.25) is 0 Å².